The van der Waals surface area contributed by atoms with Crippen LogP contribution in [-0.4, -0.2) is 15.5 Å². The lowest BCUT2D eigenvalue weighted by atomic mass is 10.3. The number of halogens is 1. The van der Waals surface area contributed by atoms with Crippen molar-refractivity contribution in [3.05, 3.63) is 34.3 Å². The minimum atomic E-state index is -0.303. The molecule has 1 aromatic heterocycles. The molecule has 5 nitrogen and oxygen atoms in total. The third kappa shape index (κ3) is 2.29. The van der Waals surface area contributed by atoms with Crippen LogP contribution in [-0.2, 0) is 0 Å². The molecule has 1 amide bonds. The number of carbonyl (C=O) groups excluding carboxylic acids is 1. The highest BCUT2D eigenvalue weighted by molar-refractivity contribution is 7.07. The van der Waals surface area contributed by atoms with E-state index in [0.717, 1.165) is 11.5 Å². The number of nitrogens with two attached hydrogens (primary N) is 1. The van der Waals surface area contributed by atoms with Crippen molar-refractivity contribution in [1.82, 2.24) is 9.59 Å². The average Bonchev–Trinajstić information content (AvgIpc) is 2.76. The molecule has 0 spiro atoms. The normalized spacial score (nSPS) is 10.1. The lowest BCUT2D eigenvalue weighted by Crippen LogP contribution is -2.10. The van der Waals surface area contributed by atoms with Gasteiger partial charge in [-0.05, 0) is 29.7 Å². The van der Waals surface area contributed by atoms with Crippen molar-refractivity contribution in [2.24, 2.45) is 0 Å². The van der Waals surface area contributed by atoms with E-state index in [9.17, 15) is 4.79 Å². The summed E-state index contributed by atoms with van der Waals surface area (Å²) in [6, 6.07) is 4.87. The molecule has 3 N–H and O–H groups in total. The highest BCUT2D eigenvalue weighted by atomic mass is 35.5. The predicted molar refractivity (Wildman–Crippen MR) is 63.7 cm³/mol. The quantitative estimate of drug-likeness (QED) is 0.804. The van der Waals surface area contributed by atoms with E-state index in [2.05, 4.69) is 14.9 Å². The Hall–Kier alpha value is -1.66. The Morgan fingerprint density at radius 1 is 1.50 bits per heavy atom. The van der Waals surface area contributed by atoms with Crippen molar-refractivity contribution in [2.45, 2.75) is 0 Å². The fraction of sp³-hybridized carbons (Fsp3) is 0. The smallest absolute Gasteiger partial charge is 0.269 e. The van der Waals surface area contributed by atoms with Crippen LogP contribution in [0, 0.1) is 0 Å². The average molecular weight is 255 g/mol. The number of nitrogens with zero attached hydrogens (tertiary/aromatic N) is 2. The highest BCUT2D eigenvalue weighted by Crippen LogP contribution is 2.24. The van der Waals surface area contributed by atoms with Gasteiger partial charge in [-0.15, -0.1) is 5.10 Å². The number of nitrogen functional groups attached to an aromatic ring is 1. The van der Waals surface area contributed by atoms with Gasteiger partial charge in [0.2, 0.25) is 0 Å². The number of hydrogen-bond donors (Lipinski definition) is 2. The molecule has 0 fully saturated rings. The zero-order valence-corrected chi connectivity index (χ0v) is 9.55. The van der Waals surface area contributed by atoms with E-state index in [1.165, 1.54) is 6.20 Å². The molecule has 16 heavy (non-hydrogen) atoms. The van der Waals surface area contributed by atoms with Crippen LogP contribution < -0.4 is 11.1 Å². The predicted octanol–water partition coefficient (Wildman–Crippen LogP) is 2.03. The Labute approximate surface area is 100 Å². The SMILES string of the molecule is Nc1ccc(Cl)c(NC(=O)c2cnns2)c1. The number of anilines is 2. The van der Waals surface area contributed by atoms with Gasteiger partial charge in [0.25, 0.3) is 5.91 Å². The Kier molecular flexibility index (Phi) is 3.02. The third-order valence-electron chi connectivity index (χ3n) is 1.82. The van der Waals surface area contributed by atoms with Gasteiger partial charge < -0.3 is 11.1 Å². The Bertz CT molecular complexity index is 514. The molecule has 7 heteroatoms. The van der Waals surface area contributed by atoms with Gasteiger partial charge in [-0.25, -0.2) is 0 Å². The lowest BCUT2D eigenvalue weighted by Gasteiger charge is -2.06. The molecule has 0 aliphatic heterocycles. The second-order valence-electron chi connectivity index (χ2n) is 2.98. The van der Waals surface area contributed by atoms with E-state index >= 15 is 0 Å². The second kappa shape index (κ2) is 4.46. The molecule has 0 unspecified atom stereocenters. The molecule has 82 valence electrons. The number of hydrogen-bond acceptors (Lipinski definition) is 5. The molecule has 0 aliphatic rings. The Morgan fingerprint density at radius 2 is 2.31 bits per heavy atom. The zero-order valence-electron chi connectivity index (χ0n) is 7.98. The van der Waals surface area contributed by atoms with Crippen LogP contribution in [0.1, 0.15) is 9.67 Å². The van der Waals surface area contributed by atoms with Gasteiger partial charge in [0.05, 0.1) is 16.9 Å². The first-order valence-electron chi connectivity index (χ1n) is 4.30. The summed E-state index contributed by atoms with van der Waals surface area (Å²) in [4.78, 5) is 12.1. The number of amides is 1. The lowest BCUT2D eigenvalue weighted by molar-refractivity contribution is 0.103. The summed E-state index contributed by atoms with van der Waals surface area (Å²) in [7, 11) is 0. The van der Waals surface area contributed by atoms with Gasteiger partial charge in [-0.3, -0.25) is 4.79 Å². The van der Waals surface area contributed by atoms with Crippen molar-refractivity contribution in [3.63, 3.8) is 0 Å². The molecule has 0 saturated heterocycles. The van der Waals surface area contributed by atoms with Gasteiger partial charge in [-0.1, -0.05) is 16.1 Å². The molecule has 1 aromatic carbocycles. The monoisotopic (exact) mass is 254 g/mol. The third-order valence-corrected chi connectivity index (χ3v) is 2.82. The van der Waals surface area contributed by atoms with Crippen LogP contribution in [0.3, 0.4) is 0 Å². The first-order chi connectivity index (χ1) is 7.66. The fourth-order valence-corrected chi connectivity index (χ4v) is 1.67. The summed E-state index contributed by atoms with van der Waals surface area (Å²) in [5.74, 6) is -0.303. The van der Waals surface area contributed by atoms with Crippen molar-refractivity contribution in [3.8, 4) is 0 Å². The summed E-state index contributed by atoms with van der Waals surface area (Å²) >= 11 is 6.92. The number of nitrogens with one attached hydrogen (secondary N) is 1. The Balaban J connectivity index is 2.21. The van der Waals surface area contributed by atoms with Crippen LogP contribution in [0.4, 0.5) is 11.4 Å². The minimum Gasteiger partial charge on any atom is -0.399 e. The minimum absolute atomic E-state index is 0.303. The second-order valence-corrected chi connectivity index (χ2v) is 4.17. The van der Waals surface area contributed by atoms with E-state index in [1.54, 1.807) is 18.2 Å². The molecule has 0 atom stereocenters. The number of benzene rings is 1. The van der Waals surface area contributed by atoms with E-state index in [-0.39, 0.29) is 5.91 Å². The van der Waals surface area contributed by atoms with Crippen molar-refractivity contribution in [2.75, 3.05) is 11.1 Å². The van der Waals surface area contributed by atoms with E-state index in [4.69, 9.17) is 17.3 Å². The summed E-state index contributed by atoms with van der Waals surface area (Å²) in [5.41, 5.74) is 6.59. The first kappa shape index (κ1) is 10.8. The van der Waals surface area contributed by atoms with Crippen molar-refractivity contribution < 1.29 is 4.79 Å². The fourth-order valence-electron chi connectivity index (χ4n) is 1.09. The molecule has 0 saturated carbocycles. The van der Waals surface area contributed by atoms with Gasteiger partial charge in [0, 0.05) is 5.69 Å². The maximum absolute atomic E-state index is 11.7. The van der Waals surface area contributed by atoms with Crippen LogP contribution in [0.5, 0.6) is 0 Å². The highest BCUT2D eigenvalue weighted by Gasteiger charge is 2.10. The van der Waals surface area contributed by atoms with Crippen LogP contribution in [0.2, 0.25) is 5.02 Å². The topological polar surface area (TPSA) is 80.9 Å². The summed E-state index contributed by atoms with van der Waals surface area (Å²) in [6.07, 6.45) is 1.39. The van der Waals surface area contributed by atoms with Gasteiger partial charge in [0.1, 0.15) is 4.88 Å². The standard InChI is InChI=1S/C9H7ClN4OS/c10-6-2-1-5(11)3-7(6)13-9(15)8-4-12-14-16-8/h1-4H,11H2,(H,13,15). The molecular weight excluding hydrogens is 248 g/mol. The number of aromatic nitrogens is 2. The van der Waals surface area contributed by atoms with E-state index in [1.807, 2.05) is 0 Å². The van der Waals surface area contributed by atoms with Gasteiger partial charge in [-0.2, -0.15) is 0 Å². The van der Waals surface area contributed by atoms with Crippen LogP contribution in [0.25, 0.3) is 0 Å². The molecule has 0 radical (unpaired) electrons. The van der Waals surface area contributed by atoms with Crippen molar-refractivity contribution >= 4 is 40.4 Å². The molecule has 1 heterocycles. The first-order valence-corrected chi connectivity index (χ1v) is 5.45. The van der Waals surface area contributed by atoms with Crippen molar-refractivity contribution in [1.29, 1.82) is 0 Å². The van der Waals surface area contributed by atoms with Gasteiger partial charge >= 0.3 is 0 Å². The molecular formula is C9H7ClN4OS. The summed E-state index contributed by atoms with van der Waals surface area (Å²) < 4.78 is 3.60. The number of rotatable bonds is 2. The van der Waals surface area contributed by atoms with Gasteiger partial charge in [0.15, 0.2) is 0 Å². The summed E-state index contributed by atoms with van der Waals surface area (Å²) in [6.45, 7) is 0. The van der Waals surface area contributed by atoms with E-state index < -0.39 is 0 Å². The molecule has 0 aliphatic carbocycles. The molecule has 2 rings (SSSR count). The zero-order chi connectivity index (χ0) is 11.5. The van der Waals surface area contributed by atoms with E-state index in [0.29, 0.717) is 21.3 Å². The van der Waals surface area contributed by atoms with Crippen LogP contribution >= 0.6 is 23.1 Å². The largest absolute Gasteiger partial charge is 0.399 e. The maximum atomic E-state index is 11.7. The molecule has 0 bridgehead atoms. The number of carbonyl (C=O) groups is 1. The Morgan fingerprint density at radius 3 is 3.00 bits per heavy atom. The molecule has 2 aromatic rings. The maximum Gasteiger partial charge on any atom is 0.269 e. The van der Waals surface area contributed by atoms with Crippen LogP contribution in [0.15, 0.2) is 24.4 Å². The summed E-state index contributed by atoms with van der Waals surface area (Å²) in [5, 5.41) is 6.64.